The Balaban J connectivity index is 2.07. The third-order valence-corrected chi connectivity index (χ3v) is 3.07. The Labute approximate surface area is 104 Å². The van der Waals surface area contributed by atoms with Crippen molar-refractivity contribution in [2.45, 2.75) is 25.3 Å². The van der Waals surface area contributed by atoms with Gasteiger partial charge in [-0.1, -0.05) is 0 Å². The van der Waals surface area contributed by atoms with E-state index < -0.39 is 5.97 Å². The summed E-state index contributed by atoms with van der Waals surface area (Å²) in [4.78, 5) is 21.9. The summed E-state index contributed by atoms with van der Waals surface area (Å²) >= 11 is 0. The summed E-state index contributed by atoms with van der Waals surface area (Å²) in [6, 6.07) is -0.0756. The van der Waals surface area contributed by atoms with Crippen molar-refractivity contribution >= 4 is 11.9 Å². The number of hydrogen-bond donors (Lipinski definition) is 2. The Kier molecular flexibility index (Phi) is 3.45. The standard InChI is InChI=1S/C12H15N3O3/c1-15-10-4-2-3-9(8(10)7-13-15)14-11(16)5-6-12(17)18/h5-7,9H,2-4H2,1H3,(H,14,16)(H,17,18)/b6-5+. The van der Waals surface area contributed by atoms with Crippen LogP contribution in [0.15, 0.2) is 18.3 Å². The molecule has 0 saturated heterocycles. The molecule has 2 rings (SSSR count). The lowest BCUT2D eigenvalue weighted by atomic mass is 9.93. The molecule has 96 valence electrons. The van der Waals surface area contributed by atoms with Crippen LogP contribution in [0.4, 0.5) is 0 Å². The normalized spacial score (nSPS) is 18.6. The van der Waals surface area contributed by atoms with Crippen LogP contribution in [0, 0.1) is 0 Å². The minimum absolute atomic E-state index is 0.0756. The zero-order valence-corrected chi connectivity index (χ0v) is 10.1. The molecule has 0 aromatic carbocycles. The number of aryl methyl sites for hydroxylation is 1. The van der Waals surface area contributed by atoms with Gasteiger partial charge in [-0.15, -0.1) is 0 Å². The highest BCUT2D eigenvalue weighted by Gasteiger charge is 2.24. The van der Waals surface area contributed by atoms with Crippen LogP contribution < -0.4 is 5.32 Å². The van der Waals surface area contributed by atoms with Crippen molar-refractivity contribution in [3.63, 3.8) is 0 Å². The van der Waals surface area contributed by atoms with E-state index in [9.17, 15) is 9.59 Å². The molecule has 1 aliphatic rings. The van der Waals surface area contributed by atoms with Gasteiger partial charge in [0.25, 0.3) is 0 Å². The number of aromatic nitrogens is 2. The van der Waals surface area contributed by atoms with E-state index in [0.717, 1.165) is 42.7 Å². The summed E-state index contributed by atoms with van der Waals surface area (Å²) in [5, 5.41) is 15.4. The molecule has 1 aromatic heterocycles. The van der Waals surface area contributed by atoms with Crippen molar-refractivity contribution in [1.29, 1.82) is 0 Å². The summed E-state index contributed by atoms with van der Waals surface area (Å²) in [6.07, 6.45) is 6.43. The Morgan fingerprint density at radius 1 is 1.56 bits per heavy atom. The fourth-order valence-electron chi connectivity index (χ4n) is 2.22. The third-order valence-electron chi connectivity index (χ3n) is 3.07. The molecule has 1 amide bonds. The highest BCUT2D eigenvalue weighted by atomic mass is 16.4. The Morgan fingerprint density at radius 3 is 3.06 bits per heavy atom. The molecule has 6 heteroatoms. The van der Waals surface area contributed by atoms with Crippen LogP contribution >= 0.6 is 0 Å². The van der Waals surface area contributed by atoms with E-state index in [1.165, 1.54) is 0 Å². The number of aliphatic carboxylic acids is 1. The van der Waals surface area contributed by atoms with E-state index in [1.54, 1.807) is 6.20 Å². The number of rotatable bonds is 3. The molecular weight excluding hydrogens is 234 g/mol. The highest BCUT2D eigenvalue weighted by Crippen LogP contribution is 2.28. The first-order valence-corrected chi connectivity index (χ1v) is 5.80. The van der Waals surface area contributed by atoms with Gasteiger partial charge in [-0.2, -0.15) is 5.10 Å². The Hall–Kier alpha value is -2.11. The topological polar surface area (TPSA) is 84.2 Å². The SMILES string of the molecule is Cn1ncc2c1CCCC2NC(=O)/C=C/C(=O)O. The first kappa shape index (κ1) is 12.3. The van der Waals surface area contributed by atoms with E-state index in [2.05, 4.69) is 10.4 Å². The summed E-state index contributed by atoms with van der Waals surface area (Å²) < 4.78 is 1.82. The maximum absolute atomic E-state index is 11.5. The van der Waals surface area contributed by atoms with Crippen LogP contribution in [0.1, 0.15) is 30.1 Å². The first-order valence-electron chi connectivity index (χ1n) is 5.80. The largest absolute Gasteiger partial charge is 0.478 e. The molecule has 0 spiro atoms. The monoisotopic (exact) mass is 249 g/mol. The Morgan fingerprint density at radius 2 is 2.33 bits per heavy atom. The van der Waals surface area contributed by atoms with Gasteiger partial charge in [-0.25, -0.2) is 4.79 Å². The maximum atomic E-state index is 11.5. The van der Waals surface area contributed by atoms with Crippen molar-refractivity contribution in [2.75, 3.05) is 0 Å². The molecule has 1 aromatic rings. The van der Waals surface area contributed by atoms with Gasteiger partial charge in [0.05, 0.1) is 12.2 Å². The molecule has 1 atom stereocenters. The predicted molar refractivity (Wildman–Crippen MR) is 63.8 cm³/mol. The van der Waals surface area contributed by atoms with Gasteiger partial charge in [-0.3, -0.25) is 9.48 Å². The lowest BCUT2D eigenvalue weighted by molar-refractivity contribution is -0.131. The number of carboxylic acids is 1. The van der Waals surface area contributed by atoms with Crippen molar-refractivity contribution in [3.05, 3.63) is 29.6 Å². The molecule has 18 heavy (non-hydrogen) atoms. The molecule has 6 nitrogen and oxygen atoms in total. The molecule has 0 bridgehead atoms. The molecule has 0 fully saturated rings. The predicted octanol–water partition coefficient (Wildman–Crippen LogP) is 0.554. The second kappa shape index (κ2) is 5.03. The molecule has 1 heterocycles. The first-order chi connectivity index (χ1) is 8.58. The van der Waals surface area contributed by atoms with Crippen LogP contribution in [0.2, 0.25) is 0 Å². The van der Waals surface area contributed by atoms with Gasteiger partial charge in [0.1, 0.15) is 0 Å². The second-order valence-electron chi connectivity index (χ2n) is 4.30. The van der Waals surface area contributed by atoms with Crippen LogP contribution in [0.25, 0.3) is 0 Å². The van der Waals surface area contributed by atoms with Gasteiger partial charge < -0.3 is 10.4 Å². The molecule has 0 saturated carbocycles. The molecule has 2 N–H and O–H groups in total. The van der Waals surface area contributed by atoms with Crippen molar-refractivity contribution in [2.24, 2.45) is 7.05 Å². The van der Waals surface area contributed by atoms with Crippen molar-refractivity contribution in [1.82, 2.24) is 15.1 Å². The fraction of sp³-hybridized carbons (Fsp3) is 0.417. The fourth-order valence-corrected chi connectivity index (χ4v) is 2.22. The summed E-state index contributed by atoms with van der Waals surface area (Å²) in [6.45, 7) is 0. The van der Waals surface area contributed by atoms with Crippen molar-refractivity contribution < 1.29 is 14.7 Å². The number of amides is 1. The van der Waals surface area contributed by atoms with E-state index in [1.807, 2.05) is 11.7 Å². The molecule has 0 radical (unpaired) electrons. The molecule has 1 unspecified atom stereocenters. The number of nitrogens with one attached hydrogen (secondary N) is 1. The lowest BCUT2D eigenvalue weighted by Gasteiger charge is -2.23. The number of fused-ring (bicyclic) bond motifs is 1. The molecule has 0 aliphatic heterocycles. The smallest absolute Gasteiger partial charge is 0.328 e. The zero-order chi connectivity index (χ0) is 13.1. The summed E-state index contributed by atoms with van der Waals surface area (Å²) in [5.41, 5.74) is 2.16. The average Bonchev–Trinajstić information content (AvgIpc) is 2.70. The van der Waals surface area contributed by atoms with Crippen LogP contribution in [0.5, 0.6) is 0 Å². The van der Waals surface area contributed by atoms with Gasteiger partial charge in [0.15, 0.2) is 0 Å². The number of hydrogen-bond acceptors (Lipinski definition) is 3. The molecular formula is C12H15N3O3. The van der Waals surface area contributed by atoms with Gasteiger partial charge >= 0.3 is 5.97 Å². The van der Waals surface area contributed by atoms with E-state index in [0.29, 0.717) is 0 Å². The minimum atomic E-state index is -1.13. The summed E-state index contributed by atoms with van der Waals surface area (Å²) in [7, 11) is 1.88. The van der Waals surface area contributed by atoms with Crippen LogP contribution in [0.3, 0.4) is 0 Å². The Bertz CT molecular complexity index is 505. The van der Waals surface area contributed by atoms with E-state index >= 15 is 0 Å². The van der Waals surface area contributed by atoms with Crippen LogP contribution in [-0.4, -0.2) is 26.8 Å². The number of carbonyl (C=O) groups excluding carboxylic acids is 1. The zero-order valence-electron chi connectivity index (χ0n) is 10.1. The van der Waals surface area contributed by atoms with Crippen molar-refractivity contribution in [3.8, 4) is 0 Å². The third kappa shape index (κ3) is 2.58. The quantitative estimate of drug-likeness (QED) is 0.766. The second-order valence-corrected chi connectivity index (χ2v) is 4.30. The van der Waals surface area contributed by atoms with E-state index in [4.69, 9.17) is 5.11 Å². The van der Waals surface area contributed by atoms with Gasteiger partial charge in [-0.05, 0) is 19.3 Å². The number of carbonyl (C=O) groups is 2. The van der Waals surface area contributed by atoms with E-state index in [-0.39, 0.29) is 11.9 Å². The summed E-state index contributed by atoms with van der Waals surface area (Å²) in [5.74, 6) is -1.52. The number of carboxylic acid groups (broad SMARTS) is 1. The number of nitrogens with zero attached hydrogens (tertiary/aromatic N) is 2. The highest BCUT2D eigenvalue weighted by molar-refractivity contribution is 5.94. The van der Waals surface area contributed by atoms with Gasteiger partial charge in [0.2, 0.25) is 5.91 Å². The minimum Gasteiger partial charge on any atom is -0.478 e. The average molecular weight is 249 g/mol. The maximum Gasteiger partial charge on any atom is 0.328 e. The van der Waals surface area contributed by atoms with Gasteiger partial charge in [0, 0.05) is 30.5 Å². The van der Waals surface area contributed by atoms with Crippen LogP contribution in [-0.2, 0) is 23.1 Å². The molecule has 1 aliphatic carbocycles. The lowest BCUT2D eigenvalue weighted by Crippen LogP contribution is -2.29.